The van der Waals surface area contributed by atoms with Gasteiger partial charge in [0.2, 0.25) is 5.91 Å². The van der Waals surface area contributed by atoms with Crippen molar-refractivity contribution in [2.45, 2.75) is 64.8 Å². The van der Waals surface area contributed by atoms with E-state index in [-0.39, 0.29) is 11.8 Å². The lowest BCUT2D eigenvalue weighted by Crippen LogP contribution is -2.42. The van der Waals surface area contributed by atoms with E-state index in [1.54, 1.807) is 0 Å². The second-order valence-corrected chi connectivity index (χ2v) is 6.65. The van der Waals surface area contributed by atoms with Crippen molar-refractivity contribution in [2.24, 2.45) is 11.8 Å². The Bertz CT molecular complexity index is 486. The van der Waals surface area contributed by atoms with Gasteiger partial charge in [0.15, 0.2) is 0 Å². The molecule has 1 atom stereocenters. The Balaban J connectivity index is 1.56. The molecule has 1 unspecified atom stereocenters. The number of rotatable bonds is 2. The van der Waals surface area contributed by atoms with E-state index in [0.29, 0.717) is 6.04 Å². The SMILES string of the molecule is Cc1nc2c([nH]1)CC(C(=O)NC1CCC(C)CC1)CC2. The van der Waals surface area contributed by atoms with Gasteiger partial charge in [-0.1, -0.05) is 6.92 Å². The van der Waals surface area contributed by atoms with Crippen LogP contribution in [0.25, 0.3) is 0 Å². The highest BCUT2D eigenvalue weighted by Crippen LogP contribution is 2.26. The molecule has 4 nitrogen and oxygen atoms in total. The van der Waals surface area contributed by atoms with Crippen LogP contribution in [0.1, 0.15) is 56.2 Å². The fraction of sp³-hybridized carbons (Fsp3) is 0.750. The molecule has 1 amide bonds. The fourth-order valence-electron chi connectivity index (χ4n) is 3.57. The van der Waals surface area contributed by atoms with E-state index in [4.69, 9.17) is 0 Å². The zero-order valence-electron chi connectivity index (χ0n) is 12.5. The second kappa shape index (κ2) is 5.58. The zero-order chi connectivity index (χ0) is 14.1. The number of nitrogens with one attached hydrogen (secondary N) is 2. The minimum Gasteiger partial charge on any atom is -0.353 e. The molecule has 1 saturated carbocycles. The number of aromatic nitrogens is 2. The Hall–Kier alpha value is -1.32. The maximum atomic E-state index is 12.4. The van der Waals surface area contributed by atoms with Gasteiger partial charge in [-0.3, -0.25) is 4.79 Å². The maximum Gasteiger partial charge on any atom is 0.223 e. The van der Waals surface area contributed by atoms with E-state index in [0.717, 1.165) is 49.5 Å². The number of aromatic amines is 1. The Morgan fingerprint density at radius 2 is 2.00 bits per heavy atom. The number of carbonyl (C=O) groups is 1. The molecule has 110 valence electrons. The summed E-state index contributed by atoms with van der Waals surface area (Å²) in [6, 6.07) is 0.406. The Kier molecular flexibility index (Phi) is 3.81. The zero-order valence-corrected chi connectivity index (χ0v) is 12.5. The summed E-state index contributed by atoms with van der Waals surface area (Å²) in [6.45, 7) is 4.29. The van der Waals surface area contributed by atoms with Crippen molar-refractivity contribution in [1.29, 1.82) is 0 Å². The number of hydrogen-bond acceptors (Lipinski definition) is 2. The number of imidazole rings is 1. The molecule has 0 aliphatic heterocycles. The Morgan fingerprint density at radius 1 is 1.25 bits per heavy atom. The molecule has 1 aromatic heterocycles. The van der Waals surface area contributed by atoms with Crippen LogP contribution >= 0.6 is 0 Å². The molecule has 0 radical (unpaired) electrons. The topological polar surface area (TPSA) is 57.8 Å². The average Bonchev–Trinajstić information content (AvgIpc) is 2.80. The number of hydrogen-bond donors (Lipinski definition) is 2. The van der Waals surface area contributed by atoms with Crippen LogP contribution in [0.4, 0.5) is 0 Å². The molecule has 1 aromatic rings. The summed E-state index contributed by atoms with van der Waals surface area (Å²) in [5.74, 6) is 2.18. The van der Waals surface area contributed by atoms with Crippen molar-refractivity contribution in [3.8, 4) is 0 Å². The van der Waals surface area contributed by atoms with E-state index < -0.39 is 0 Å². The van der Waals surface area contributed by atoms with Crippen LogP contribution in [0.3, 0.4) is 0 Å². The van der Waals surface area contributed by atoms with Crippen LogP contribution in [-0.2, 0) is 17.6 Å². The van der Waals surface area contributed by atoms with Crippen LogP contribution in [0, 0.1) is 18.8 Å². The standard InChI is InChI=1S/C16H25N3O/c1-10-3-6-13(7-4-10)19-16(20)12-5-8-14-15(9-12)18-11(2)17-14/h10,12-13H,3-9H2,1-2H3,(H,17,18)(H,19,20). The van der Waals surface area contributed by atoms with Crippen LogP contribution in [0.15, 0.2) is 0 Å². The summed E-state index contributed by atoms with van der Waals surface area (Å²) in [6.07, 6.45) is 7.48. The van der Waals surface area contributed by atoms with E-state index in [9.17, 15) is 4.79 Å². The van der Waals surface area contributed by atoms with Crippen molar-refractivity contribution in [1.82, 2.24) is 15.3 Å². The van der Waals surface area contributed by atoms with E-state index >= 15 is 0 Å². The Morgan fingerprint density at radius 3 is 2.75 bits per heavy atom. The molecule has 1 fully saturated rings. The summed E-state index contributed by atoms with van der Waals surface area (Å²) in [5.41, 5.74) is 2.34. The number of fused-ring (bicyclic) bond motifs is 1. The third-order valence-corrected chi connectivity index (χ3v) is 4.90. The molecule has 2 aliphatic carbocycles. The minimum atomic E-state index is 0.127. The van der Waals surface area contributed by atoms with Gasteiger partial charge in [0, 0.05) is 24.1 Å². The van der Waals surface area contributed by atoms with E-state index in [1.165, 1.54) is 18.5 Å². The smallest absolute Gasteiger partial charge is 0.223 e. The maximum absolute atomic E-state index is 12.4. The number of nitrogens with zero attached hydrogens (tertiary/aromatic N) is 1. The quantitative estimate of drug-likeness (QED) is 0.871. The van der Waals surface area contributed by atoms with Crippen molar-refractivity contribution in [3.63, 3.8) is 0 Å². The molecule has 1 heterocycles. The molecule has 0 bridgehead atoms. The van der Waals surface area contributed by atoms with Crippen LogP contribution in [-0.4, -0.2) is 21.9 Å². The van der Waals surface area contributed by atoms with Crippen molar-refractivity contribution < 1.29 is 4.79 Å². The van der Waals surface area contributed by atoms with Crippen molar-refractivity contribution in [2.75, 3.05) is 0 Å². The first-order chi connectivity index (χ1) is 9.61. The van der Waals surface area contributed by atoms with Crippen molar-refractivity contribution in [3.05, 3.63) is 17.2 Å². The molecule has 20 heavy (non-hydrogen) atoms. The molecule has 2 N–H and O–H groups in total. The highest BCUT2D eigenvalue weighted by Gasteiger charge is 2.29. The molecule has 3 rings (SSSR count). The van der Waals surface area contributed by atoms with Crippen LogP contribution in [0.5, 0.6) is 0 Å². The van der Waals surface area contributed by atoms with Gasteiger partial charge in [-0.05, 0) is 51.4 Å². The largest absolute Gasteiger partial charge is 0.353 e. The van der Waals surface area contributed by atoms with Crippen molar-refractivity contribution >= 4 is 5.91 Å². The third kappa shape index (κ3) is 2.89. The molecular weight excluding hydrogens is 250 g/mol. The highest BCUT2D eigenvalue weighted by atomic mass is 16.1. The number of aryl methyl sites for hydroxylation is 2. The molecule has 0 spiro atoms. The molecule has 0 aromatic carbocycles. The predicted octanol–water partition coefficient (Wildman–Crippen LogP) is 2.52. The van der Waals surface area contributed by atoms with Gasteiger partial charge in [-0.2, -0.15) is 0 Å². The third-order valence-electron chi connectivity index (χ3n) is 4.90. The molecule has 4 heteroatoms. The summed E-state index contributed by atoms with van der Waals surface area (Å²) < 4.78 is 0. The number of amides is 1. The fourth-order valence-corrected chi connectivity index (χ4v) is 3.57. The molecule has 0 saturated heterocycles. The van der Waals surface area contributed by atoms with E-state index in [1.807, 2.05) is 6.92 Å². The predicted molar refractivity (Wildman–Crippen MR) is 78.4 cm³/mol. The van der Waals surface area contributed by atoms with Gasteiger partial charge in [0.25, 0.3) is 0 Å². The first kappa shape index (κ1) is 13.7. The average molecular weight is 275 g/mol. The minimum absolute atomic E-state index is 0.127. The lowest BCUT2D eigenvalue weighted by atomic mass is 9.85. The van der Waals surface area contributed by atoms with Crippen LogP contribution in [0.2, 0.25) is 0 Å². The summed E-state index contributed by atoms with van der Waals surface area (Å²) >= 11 is 0. The van der Waals surface area contributed by atoms with Gasteiger partial charge in [-0.15, -0.1) is 0 Å². The first-order valence-corrected chi connectivity index (χ1v) is 7.96. The molecular formula is C16H25N3O. The van der Waals surface area contributed by atoms with Gasteiger partial charge in [0.1, 0.15) is 5.82 Å². The lowest BCUT2D eigenvalue weighted by Gasteiger charge is -2.29. The first-order valence-electron chi connectivity index (χ1n) is 7.96. The van der Waals surface area contributed by atoms with Gasteiger partial charge in [-0.25, -0.2) is 4.98 Å². The highest BCUT2D eigenvalue weighted by molar-refractivity contribution is 5.79. The van der Waals surface area contributed by atoms with Gasteiger partial charge >= 0.3 is 0 Å². The Labute approximate surface area is 120 Å². The normalized spacial score (nSPS) is 29.8. The summed E-state index contributed by atoms with van der Waals surface area (Å²) in [4.78, 5) is 20.2. The van der Waals surface area contributed by atoms with Gasteiger partial charge in [0.05, 0.1) is 5.69 Å². The molecule has 2 aliphatic rings. The van der Waals surface area contributed by atoms with E-state index in [2.05, 4.69) is 22.2 Å². The number of carbonyl (C=O) groups excluding carboxylic acids is 1. The van der Waals surface area contributed by atoms with Gasteiger partial charge < -0.3 is 10.3 Å². The second-order valence-electron chi connectivity index (χ2n) is 6.65. The number of H-pyrrole nitrogens is 1. The summed E-state index contributed by atoms with van der Waals surface area (Å²) in [7, 11) is 0. The monoisotopic (exact) mass is 275 g/mol. The lowest BCUT2D eigenvalue weighted by molar-refractivity contribution is -0.126. The summed E-state index contributed by atoms with van der Waals surface area (Å²) in [5, 5.41) is 3.27. The van der Waals surface area contributed by atoms with Crippen LogP contribution < -0.4 is 5.32 Å².